The van der Waals surface area contributed by atoms with Gasteiger partial charge in [-0.1, -0.05) is 95.6 Å². The van der Waals surface area contributed by atoms with Gasteiger partial charge in [-0.15, -0.1) is 0 Å². The van der Waals surface area contributed by atoms with E-state index in [9.17, 15) is 29.1 Å². The molecule has 0 bridgehead atoms. The van der Waals surface area contributed by atoms with Gasteiger partial charge >= 0.3 is 29.8 Å². The van der Waals surface area contributed by atoms with Crippen LogP contribution in [0.2, 0.25) is 0 Å². The number of benzene rings is 2. The van der Waals surface area contributed by atoms with Crippen molar-refractivity contribution in [1.82, 2.24) is 0 Å². The summed E-state index contributed by atoms with van der Waals surface area (Å²) in [6.07, 6.45) is 40.6. The largest absolute Gasteiger partial charge is 0.494 e. The molecule has 2 saturated carbocycles. The second-order valence-electron chi connectivity index (χ2n) is 27.6. The molecule has 16 heteroatoms. The van der Waals surface area contributed by atoms with Gasteiger partial charge in [0.05, 0.1) is 78.0 Å². The summed E-state index contributed by atoms with van der Waals surface area (Å²) in [5, 5.41) is 10.9. The van der Waals surface area contributed by atoms with E-state index in [1.54, 1.807) is 6.08 Å². The molecule has 2 aromatic rings. The summed E-state index contributed by atoms with van der Waals surface area (Å²) in [5.41, 5.74) is 1.57. The first-order valence-electron chi connectivity index (χ1n) is 38.2. The third-order valence-corrected chi connectivity index (χ3v) is 19.8. The molecular weight excluding hydrogens is 1220 g/mol. The van der Waals surface area contributed by atoms with E-state index in [-0.39, 0.29) is 45.2 Å². The summed E-state index contributed by atoms with van der Waals surface area (Å²) in [6, 6.07) is 17.4. The number of esters is 4. The molecule has 1 N–H and O–H groups in total. The summed E-state index contributed by atoms with van der Waals surface area (Å²) in [7, 11) is 0. The minimum Gasteiger partial charge on any atom is -0.494 e. The second kappa shape index (κ2) is 49.1. The lowest BCUT2D eigenvalue weighted by Crippen LogP contribution is -2.43. The van der Waals surface area contributed by atoms with Crippen molar-refractivity contribution in [3.63, 3.8) is 0 Å². The van der Waals surface area contributed by atoms with Crippen molar-refractivity contribution < 1.29 is 76.4 Å². The molecule has 1 aliphatic heterocycles. The van der Waals surface area contributed by atoms with Gasteiger partial charge in [-0.3, -0.25) is 24.0 Å². The Hall–Kier alpha value is -5.45. The zero-order chi connectivity index (χ0) is 67.9. The molecule has 1 heterocycles. The summed E-state index contributed by atoms with van der Waals surface area (Å²) < 4.78 is 57.7. The minimum atomic E-state index is -1.30. The van der Waals surface area contributed by atoms with Crippen LogP contribution < -0.4 is 9.47 Å². The van der Waals surface area contributed by atoms with Crippen LogP contribution >= 0.6 is 0 Å². The first-order valence-corrected chi connectivity index (χ1v) is 38.2. The Morgan fingerprint density at radius 3 is 1.22 bits per heavy atom. The smallest absolute Gasteiger partial charge is 0.316 e. The fraction of sp³-hybridized carbons (Fsp3) is 0.738. The average Bonchev–Trinajstić information content (AvgIpc) is 0.799. The lowest BCUT2D eigenvalue weighted by Gasteiger charge is -2.36. The Morgan fingerprint density at radius 2 is 0.823 bits per heavy atom. The Bertz CT molecular complexity index is 2470. The van der Waals surface area contributed by atoms with Gasteiger partial charge in [-0.2, -0.15) is 0 Å². The molecule has 3 atom stereocenters. The van der Waals surface area contributed by atoms with Crippen molar-refractivity contribution in [3.8, 4) is 11.5 Å². The minimum absolute atomic E-state index is 0.00296. The standard InChI is InChI=1S/C80H124O16/c1-3-27-64-30-34-66(35-31-64)68-38-42-70(43-39-68)87-53-17-7-11-21-57-91-74(81)48-49-76(83)93-59-23-13-9-19-55-89-72-46-47-73(80(63-72,79(85)86)52-16-5-6-25-61-95-78-29-15-26-62-96-78)90-56-20-10-14-24-60-94-77(84)51-50-75(82)92-58-22-12-8-18-54-88-71-44-40-69(41-45-71)67-36-32-65(28-4-2)33-37-67/h38-47,63-67,73,78H,3-37,48-62H2,1-2H3,(H,85,86). The van der Waals surface area contributed by atoms with E-state index in [0.717, 1.165) is 152 Å². The molecule has 2 aromatic carbocycles. The number of aliphatic carboxylic acids is 1. The van der Waals surface area contributed by atoms with Crippen molar-refractivity contribution in [2.75, 3.05) is 66.1 Å². The number of carbonyl (C=O) groups is 5. The zero-order valence-electron chi connectivity index (χ0n) is 59.2. The maximum atomic E-state index is 13.3. The maximum Gasteiger partial charge on any atom is 0.316 e. The molecule has 0 aromatic heterocycles. The number of carboxylic acid groups (broad SMARTS) is 1. The number of allylic oxidation sites excluding steroid dienone is 1. The highest BCUT2D eigenvalue weighted by atomic mass is 16.7. The molecule has 4 aliphatic rings. The predicted molar refractivity (Wildman–Crippen MR) is 375 cm³/mol. The number of unbranched alkanes of at least 4 members (excludes halogenated alkanes) is 15. The van der Waals surface area contributed by atoms with Crippen LogP contribution in [0, 0.1) is 17.3 Å². The van der Waals surface area contributed by atoms with Gasteiger partial charge in [0.2, 0.25) is 0 Å². The highest BCUT2D eigenvalue weighted by Crippen LogP contribution is 2.41. The van der Waals surface area contributed by atoms with Crippen molar-refractivity contribution >= 4 is 29.8 Å². The Balaban J connectivity index is 0.754. The van der Waals surface area contributed by atoms with Gasteiger partial charge in [0, 0.05) is 19.8 Å². The van der Waals surface area contributed by atoms with E-state index in [1.807, 2.05) is 12.2 Å². The van der Waals surface area contributed by atoms with Gasteiger partial charge in [0.15, 0.2) is 6.29 Å². The first-order chi connectivity index (χ1) is 47.0. The van der Waals surface area contributed by atoms with Gasteiger partial charge in [0.1, 0.15) is 22.7 Å². The highest BCUT2D eigenvalue weighted by Gasteiger charge is 2.46. The molecule has 6 rings (SSSR count). The molecule has 540 valence electrons. The third kappa shape index (κ3) is 32.9. The fourth-order valence-electron chi connectivity index (χ4n) is 14.0. The van der Waals surface area contributed by atoms with Crippen LogP contribution in [0.5, 0.6) is 11.5 Å². The van der Waals surface area contributed by atoms with Gasteiger partial charge in [0.25, 0.3) is 0 Å². The second-order valence-corrected chi connectivity index (χ2v) is 27.6. The Labute approximate surface area is 577 Å². The van der Waals surface area contributed by atoms with Crippen LogP contribution in [0.1, 0.15) is 294 Å². The molecule has 3 aliphatic carbocycles. The number of hydrogen-bond acceptors (Lipinski definition) is 15. The van der Waals surface area contributed by atoms with Crippen molar-refractivity contribution in [3.05, 3.63) is 83.6 Å². The van der Waals surface area contributed by atoms with Crippen molar-refractivity contribution in [2.45, 2.75) is 295 Å². The van der Waals surface area contributed by atoms with E-state index in [1.165, 1.54) is 88.2 Å². The normalized spacial score (nSPS) is 21.0. The number of rotatable bonds is 53. The molecule has 96 heavy (non-hydrogen) atoms. The van der Waals surface area contributed by atoms with Crippen LogP contribution in [0.25, 0.3) is 0 Å². The average molecular weight is 1340 g/mol. The van der Waals surface area contributed by atoms with E-state index in [0.29, 0.717) is 95.9 Å². The highest BCUT2D eigenvalue weighted by molar-refractivity contribution is 5.79. The predicted octanol–water partition coefficient (Wildman–Crippen LogP) is 18.7. The Morgan fingerprint density at radius 1 is 0.438 bits per heavy atom. The summed E-state index contributed by atoms with van der Waals surface area (Å²) in [4.78, 5) is 62.7. The van der Waals surface area contributed by atoms with Crippen LogP contribution in [-0.2, 0) is 61.9 Å². The summed E-state index contributed by atoms with van der Waals surface area (Å²) >= 11 is 0. The van der Waals surface area contributed by atoms with Crippen molar-refractivity contribution in [2.24, 2.45) is 17.3 Å². The van der Waals surface area contributed by atoms with Crippen LogP contribution in [0.3, 0.4) is 0 Å². The number of hydrogen-bond donors (Lipinski definition) is 1. The zero-order valence-corrected chi connectivity index (χ0v) is 59.2. The lowest BCUT2D eigenvalue weighted by atomic mass is 9.74. The quantitative estimate of drug-likeness (QED) is 0.0372. The molecule has 0 amide bonds. The summed E-state index contributed by atoms with van der Waals surface area (Å²) in [6.45, 7) is 9.24. The van der Waals surface area contributed by atoms with E-state index in [2.05, 4.69) is 62.4 Å². The first kappa shape index (κ1) is 79.5. The molecule has 16 nitrogen and oxygen atoms in total. The molecule has 0 spiro atoms. The number of carbonyl (C=O) groups excluding carboxylic acids is 4. The molecule has 0 radical (unpaired) electrons. The Kier molecular flexibility index (Phi) is 40.7. The van der Waals surface area contributed by atoms with Crippen molar-refractivity contribution in [1.29, 1.82) is 0 Å². The van der Waals surface area contributed by atoms with Crippen LogP contribution in [-0.4, -0.2) is 113 Å². The van der Waals surface area contributed by atoms with Gasteiger partial charge < -0.3 is 52.5 Å². The van der Waals surface area contributed by atoms with Gasteiger partial charge in [-0.25, -0.2) is 0 Å². The van der Waals surface area contributed by atoms with E-state index < -0.39 is 41.4 Å². The third-order valence-electron chi connectivity index (χ3n) is 19.8. The van der Waals surface area contributed by atoms with E-state index >= 15 is 0 Å². The number of ether oxygens (including phenoxy) is 10. The van der Waals surface area contributed by atoms with E-state index in [4.69, 9.17) is 47.4 Å². The topological polar surface area (TPSA) is 198 Å². The van der Waals surface area contributed by atoms with Crippen LogP contribution in [0.15, 0.2) is 72.5 Å². The molecule has 3 fully saturated rings. The lowest BCUT2D eigenvalue weighted by molar-refractivity contribution is -0.163. The monoisotopic (exact) mass is 1340 g/mol. The fourth-order valence-corrected chi connectivity index (χ4v) is 14.0. The molecule has 1 saturated heterocycles. The van der Waals surface area contributed by atoms with Crippen LogP contribution in [0.4, 0.5) is 0 Å². The molecular formula is C80H124O16. The number of carboxylic acids is 1. The summed E-state index contributed by atoms with van der Waals surface area (Å²) in [5.74, 6) is 2.96. The molecule has 3 unspecified atom stereocenters. The SMILES string of the molecule is CCCC1CCC(c2ccc(OCCCCCCOC(=O)CCC(=O)OCCCCCCOC3=CC(CCCCCCOC4CCCCO4)(C(=O)O)C(OCCCCCCOC(=O)CCC(=O)OCCCCCCOc4ccc(C5CCC(CCC)CC5)cc4)C=C3)cc2)CC1. The van der Waals surface area contributed by atoms with Gasteiger partial charge in [-0.05, 0) is 251 Å². The maximum absolute atomic E-state index is 13.3.